The van der Waals surface area contributed by atoms with Gasteiger partial charge in [-0.2, -0.15) is 4.52 Å². The lowest BCUT2D eigenvalue weighted by Crippen LogP contribution is -2.08. The van der Waals surface area contributed by atoms with Gasteiger partial charge in [-0.25, -0.2) is 15.0 Å². The monoisotopic (exact) mass is 524 g/mol. The van der Waals surface area contributed by atoms with Crippen molar-refractivity contribution in [3.63, 3.8) is 0 Å². The second-order valence-electron chi connectivity index (χ2n) is 8.46. The fourth-order valence-electron chi connectivity index (χ4n) is 4.24. The number of hydrogen-bond donors (Lipinski definition) is 1. The number of benzene rings is 2. The standard InChI is InChI=1S/C28H24N6O3S/c1-17-31-24(25(38-17)19-8-5-4-6-9-19)20-16-30-28(29-15-18-11-12-21(35-2)23(14-18)36-3)34-27(20)32-26(33-34)22-10-7-13-37-22/h4-14,16H,15H2,1-3H3,(H,29,30). The Labute approximate surface area is 222 Å². The van der Waals surface area contributed by atoms with Gasteiger partial charge < -0.3 is 19.2 Å². The molecule has 9 nitrogen and oxygen atoms in total. The number of nitrogens with one attached hydrogen (secondary N) is 1. The number of methoxy groups -OCH3 is 2. The van der Waals surface area contributed by atoms with E-state index in [0.29, 0.717) is 41.2 Å². The summed E-state index contributed by atoms with van der Waals surface area (Å²) < 4.78 is 18.1. The average molecular weight is 525 g/mol. The summed E-state index contributed by atoms with van der Waals surface area (Å²) in [6.07, 6.45) is 3.40. The van der Waals surface area contributed by atoms with Crippen LogP contribution in [0.3, 0.4) is 0 Å². The molecule has 0 fully saturated rings. The highest BCUT2D eigenvalue weighted by molar-refractivity contribution is 7.15. The van der Waals surface area contributed by atoms with E-state index in [9.17, 15) is 0 Å². The number of anilines is 1. The van der Waals surface area contributed by atoms with E-state index in [1.54, 1.807) is 42.5 Å². The third kappa shape index (κ3) is 4.35. The molecule has 190 valence electrons. The molecule has 0 saturated carbocycles. The first-order valence-electron chi connectivity index (χ1n) is 11.9. The van der Waals surface area contributed by atoms with Gasteiger partial charge in [0.2, 0.25) is 11.8 Å². The van der Waals surface area contributed by atoms with E-state index in [-0.39, 0.29) is 0 Å². The Kier molecular flexibility index (Phi) is 6.22. The van der Waals surface area contributed by atoms with Gasteiger partial charge in [0.25, 0.3) is 0 Å². The Hall–Kier alpha value is -4.70. The topological polar surface area (TPSA) is 99.6 Å². The second kappa shape index (κ2) is 9.98. The normalized spacial score (nSPS) is 11.1. The molecule has 0 amide bonds. The quantitative estimate of drug-likeness (QED) is 0.254. The van der Waals surface area contributed by atoms with Crippen LogP contribution >= 0.6 is 11.3 Å². The number of hydrogen-bond acceptors (Lipinski definition) is 9. The maximum absolute atomic E-state index is 5.59. The minimum atomic E-state index is 0.464. The predicted octanol–water partition coefficient (Wildman–Crippen LogP) is 6.11. The summed E-state index contributed by atoms with van der Waals surface area (Å²) in [6.45, 7) is 2.49. The molecule has 0 aliphatic carbocycles. The summed E-state index contributed by atoms with van der Waals surface area (Å²) >= 11 is 1.64. The van der Waals surface area contributed by atoms with E-state index in [1.165, 1.54) is 0 Å². The lowest BCUT2D eigenvalue weighted by molar-refractivity contribution is 0.354. The van der Waals surface area contributed by atoms with E-state index in [1.807, 2.05) is 55.5 Å². The van der Waals surface area contributed by atoms with Gasteiger partial charge >= 0.3 is 0 Å². The van der Waals surface area contributed by atoms with Crippen LogP contribution < -0.4 is 14.8 Å². The van der Waals surface area contributed by atoms with Crippen LogP contribution in [-0.2, 0) is 6.54 Å². The molecule has 10 heteroatoms. The highest BCUT2D eigenvalue weighted by Gasteiger charge is 2.21. The molecular weight excluding hydrogens is 500 g/mol. The number of nitrogens with zero attached hydrogens (tertiary/aromatic N) is 5. The van der Waals surface area contributed by atoms with Crippen molar-refractivity contribution in [1.29, 1.82) is 0 Å². The molecule has 6 rings (SSSR count). The minimum Gasteiger partial charge on any atom is -0.493 e. The summed E-state index contributed by atoms with van der Waals surface area (Å²) in [5.41, 5.74) is 4.32. The largest absolute Gasteiger partial charge is 0.493 e. The van der Waals surface area contributed by atoms with Crippen LogP contribution in [0.5, 0.6) is 11.5 Å². The Morgan fingerprint density at radius 2 is 1.82 bits per heavy atom. The molecule has 6 aromatic rings. The lowest BCUT2D eigenvalue weighted by Gasteiger charge is -2.12. The zero-order valence-corrected chi connectivity index (χ0v) is 21.8. The Balaban J connectivity index is 1.44. The Morgan fingerprint density at radius 1 is 0.974 bits per heavy atom. The molecule has 0 spiro atoms. The fourth-order valence-corrected chi connectivity index (χ4v) is 5.18. The summed E-state index contributed by atoms with van der Waals surface area (Å²) in [5, 5.41) is 9.08. The molecule has 1 N–H and O–H groups in total. The van der Waals surface area contributed by atoms with Crippen LogP contribution in [0, 0.1) is 6.92 Å². The molecular formula is C28H24N6O3S. The third-order valence-electron chi connectivity index (χ3n) is 6.03. The van der Waals surface area contributed by atoms with Crippen LogP contribution in [-0.4, -0.2) is 38.8 Å². The van der Waals surface area contributed by atoms with E-state index < -0.39 is 0 Å². The highest BCUT2D eigenvalue weighted by atomic mass is 32.1. The van der Waals surface area contributed by atoms with Gasteiger partial charge in [-0.15, -0.1) is 16.4 Å². The van der Waals surface area contributed by atoms with Crippen molar-refractivity contribution in [3.8, 4) is 44.8 Å². The van der Waals surface area contributed by atoms with Crippen molar-refractivity contribution in [3.05, 3.63) is 83.7 Å². The minimum absolute atomic E-state index is 0.464. The Bertz CT molecular complexity index is 1710. The third-order valence-corrected chi connectivity index (χ3v) is 7.05. The molecule has 2 aromatic carbocycles. The van der Waals surface area contributed by atoms with Crippen molar-refractivity contribution in [2.24, 2.45) is 0 Å². The van der Waals surface area contributed by atoms with Crippen LogP contribution in [0.1, 0.15) is 10.6 Å². The van der Waals surface area contributed by atoms with Crippen LogP contribution in [0.2, 0.25) is 0 Å². The molecule has 0 aliphatic heterocycles. The van der Waals surface area contributed by atoms with Gasteiger partial charge in [0.05, 0.1) is 41.6 Å². The van der Waals surface area contributed by atoms with Gasteiger partial charge in [0.1, 0.15) is 0 Å². The van der Waals surface area contributed by atoms with Crippen LogP contribution in [0.4, 0.5) is 5.95 Å². The van der Waals surface area contributed by atoms with Crippen molar-refractivity contribution in [2.45, 2.75) is 13.5 Å². The van der Waals surface area contributed by atoms with Crippen molar-refractivity contribution in [1.82, 2.24) is 24.6 Å². The highest BCUT2D eigenvalue weighted by Crippen LogP contribution is 2.38. The van der Waals surface area contributed by atoms with E-state index in [4.69, 9.17) is 33.9 Å². The van der Waals surface area contributed by atoms with Crippen molar-refractivity contribution < 1.29 is 13.9 Å². The SMILES string of the molecule is COc1ccc(CNc2ncc(-c3nc(C)sc3-c3ccccc3)c3nc(-c4ccco4)nn23)cc1OC. The Morgan fingerprint density at radius 3 is 2.58 bits per heavy atom. The van der Waals surface area contributed by atoms with Gasteiger partial charge in [-0.05, 0) is 42.3 Å². The summed E-state index contributed by atoms with van der Waals surface area (Å²) in [6, 6.07) is 19.6. The number of furan rings is 1. The van der Waals surface area contributed by atoms with Gasteiger partial charge in [0.15, 0.2) is 22.9 Å². The number of thiazole rings is 1. The van der Waals surface area contributed by atoms with Gasteiger partial charge in [-0.3, -0.25) is 0 Å². The molecule has 38 heavy (non-hydrogen) atoms. The summed E-state index contributed by atoms with van der Waals surface area (Å²) in [5.74, 6) is 2.91. The molecule has 4 aromatic heterocycles. The smallest absolute Gasteiger partial charge is 0.226 e. The first-order valence-corrected chi connectivity index (χ1v) is 12.7. The molecule has 4 heterocycles. The zero-order chi connectivity index (χ0) is 26.1. The fraction of sp³-hybridized carbons (Fsp3) is 0.143. The number of aryl methyl sites for hydroxylation is 1. The lowest BCUT2D eigenvalue weighted by atomic mass is 10.1. The number of ether oxygens (including phenoxy) is 2. The molecule has 0 radical (unpaired) electrons. The van der Waals surface area contributed by atoms with E-state index >= 15 is 0 Å². The summed E-state index contributed by atoms with van der Waals surface area (Å²) in [7, 11) is 3.24. The predicted molar refractivity (Wildman–Crippen MR) is 147 cm³/mol. The second-order valence-corrected chi connectivity index (χ2v) is 9.67. The molecule has 0 aliphatic rings. The maximum Gasteiger partial charge on any atom is 0.226 e. The number of fused-ring (bicyclic) bond motifs is 1. The number of aromatic nitrogens is 5. The zero-order valence-electron chi connectivity index (χ0n) is 21.0. The van der Waals surface area contributed by atoms with Crippen molar-refractivity contribution >= 4 is 22.9 Å². The van der Waals surface area contributed by atoms with Crippen molar-refractivity contribution in [2.75, 3.05) is 19.5 Å². The maximum atomic E-state index is 5.59. The molecule has 0 saturated heterocycles. The number of rotatable bonds is 8. The van der Waals surface area contributed by atoms with Gasteiger partial charge in [0, 0.05) is 12.7 Å². The first kappa shape index (κ1) is 23.7. The molecule has 0 atom stereocenters. The van der Waals surface area contributed by atoms with Gasteiger partial charge in [-0.1, -0.05) is 36.4 Å². The molecule has 0 unspecified atom stereocenters. The summed E-state index contributed by atoms with van der Waals surface area (Å²) in [4.78, 5) is 15.5. The first-order chi connectivity index (χ1) is 18.6. The van der Waals surface area contributed by atoms with E-state index in [2.05, 4.69) is 17.4 Å². The van der Waals surface area contributed by atoms with E-state index in [0.717, 1.165) is 32.3 Å². The van der Waals surface area contributed by atoms with Crippen LogP contribution in [0.25, 0.3) is 38.9 Å². The average Bonchev–Trinajstić information content (AvgIpc) is 3.72. The van der Waals surface area contributed by atoms with Crippen LogP contribution in [0.15, 0.2) is 77.5 Å². The molecule has 0 bridgehead atoms.